The summed E-state index contributed by atoms with van der Waals surface area (Å²) in [6.07, 6.45) is 0. The fourth-order valence-corrected chi connectivity index (χ4v) is 2.82. The minimum Gasteiger partial charge on any atom is -0.480 e. The van der Waals surface area contributed by atoms with E-state index in [-0.39, 0.29) is 13.2 Å². The van der Waals surface area contributed by atoms with Crippen molar-refractivity contribution < 1.29 is 14.6 Å². The van der Waals surface area contributed by atoms with E-state index in [0.717, 1.165) is 10.6 Å². The molecule has 2 aromatic rings. The summed E-state index contributed by atoms with van der Waals surface area (Å²) < 4.78 is 5.05. The predicted molar refractivity (Wildman–Crippen MR) is 67.7 cm³/mol. The van der Waals surface area contributed by atoms with Crippen LogP contribution < -0.4 is 0 Å². The van der Waals surface area contributed by atoms with Crippen molar-refractivity contribution in [1.29, 1.82) is 0 Å². The number of benzene rings is 1. The van der Waals surface area contributed by atoms with Crippen LogP contribution in [-0.4, -0.2) is 29.3 Å². The first-order chi connectivity index (χ1) is 8.72. The average molecular weight is 261 g/mol. The standard InChI is InChI=1S/C13H11NO3S/c15-12(16)13(7-17-8-13)10-6-18-11(14-10)9-4-2-1-3-5-9/h1-6H,7-8H2,(H,15,16). The largest absolute Gasteiger partial charge is 0.480 e. The average Bonchev–Trinajstić information content (AvgIpc) is 2.78. The third-order valence-corrected chi connectivity index (χ3v) is 4.01. The molecule has 0 atom stereocenters. The molecule has 0 saturated carbocycles. The lowest BCUT2D eigenvalue weighted by Gasteiger charge is -2.35. The second-order valence-corrected chi connectivity index (χ2v) is 5.14. The number of carbonyl (C=O) groups is 1. The summed E-state index contributed by atoms with van der Waals surface area (Å²) >= 11 is 1.47. The molecule has 2 heterocycles. The maximum Gasteiger partial charge on any atom is 0.320 e. The van der Waals surface area contributed by atoms with Crippen molar-refractivity contribution in [3.63, 3.8) is 0 Å². The monoisotopic (exact) mass is 261 g/mol. The van der Waals surface area contributed by atoms with Gasteiger partial charge in [-0.1, -0.05) is 30.3 Å². The van der Waals surface area contributed by atoms with Crippen molar-refractivity contribution in [3.8, 4) is 10.6 Å². The number of aliphatic carboxylic acids is 1. The normalized spacial score (nSPS) is 17.1. The van der Waals surface area contributed by atoms with Crippen LogP contribution in [0.4, 0.5) is 0 Å². The topological polar surface area (TPSA) is 59.4 Å². The number of ether oxygens (including phenoxy) is 1. The highest BCUT2D eigenvalue weighted by molar-refractivity contribution is 7.13. The molecule has 0 aliphatic carbocycles. The zero-order valence-corrected chi connectivity index (χ0v) is 10.3. The number of nitrogens with zero attached hydrogens (tertiary/aromatic N) is 1. The first-order valence-electron chi connectivity index (χ1n) is 5.55. The zero-order chi connectivity index (χ0) is 12.6. The molecule has 1 aromatic heterocycles. The summed E-state index contributed by atoms with van der Waals surface area (Å²) in [4.78, 5) is 15.8. The van der Waals surface area contributed by atoms with Crippen molar-refractivity contribution in [1.82, 2.24) is 4.98 Å². The maximum atomic E-state index is 11.3. The van der Waals surface area contributed by atoms with Crippen LogP contribution in [0.15, 0.2) is 35.7 Å². The Bertz CT molecular complexity index is 575. The number of thiazole rings is 1. The van der Waals surface area contributed by atoms with E-state index in [0.29, 0.717) is 5.69 Å². The third-order valence-electron chi connectivity index (χ3n) is 3.12. The van der Waals surface area contributed by atoms with Crippen LogP contribution in [0.1, 0.15) is 5.69 Å². The van der Waals surface area contributed by atoms with E-state index in [1.54, 1.807) is 0 Å². The number of carboxylic acids is 1. The van der Waals surface area contributed by atoms with E-state index >= 15 is 0 Å². The molecule has 1 aromatic carbocycles. The van der Waals surface area contributed by atoms with E-state index in [1.165, 1.54) is 11.3 Å². The van der Waals surface area contributed by atoms with Gasteiger partial charge in [0.1, 0.15) is 5.01 Å². The van der Waals surface area contributed by atoms with Crippen LogP contribution in [0.2, 0.25) is 0 Å². The zero-order valence-electron chi connectivity index (χ0n) is 9.50. The Labute approximate surface area is 108 Å². The number of hydrogen-bond acceptors (Lipinski definition) is 4. The molecule has 0 unspecified atom stereocenters. The molecule has 1 N–H and O–H groups in total. The maximum absolute atomic E-state index is 11.3. The first-order valence-corrected chi connectivity index (χ1v) is 6.43. The minimum absolute atomic E-state index is 0.209. The van der Waals surface area contributed by atoms with Gasteiger partial charge in [0.05, 0.1) is 18.9 Å². The van der Waals surface area contributed by atoms with E-state index in [4.69, 9.17) is 4.74 Å². The van der Waals surface area contributed by atoms with E-state index in [2.05, 4.69) is 4.98 Å². The lowest BCUT2D eigenvalue weighted by Crippen LogP contribution is -2.53. The molecule has 1 aliphatic rings. The van der Waals surface area contributed by atoms with E-state index in [9.17, 15) is 9.90 Å². The lowest BCUT2D eigenvalue weighted by molar-refractivity contribution is -0.163. The molecule has 18 heavy (non-hydrogen) atoms. The van der Waals surface area contributed by atoms with Gasteiger partial charge in [-0.2, -0.15) is 0 Å². The Morgan fingerprint density at radius 2 is 2.06 bits per heavy atom. The van der Waals surface area contributed by atoms with Gasteiger partial charge in [-0.3, -0.25) is 4.79 Å². The van der Waals surface area contributed by atoms with Crippen LogP contribution in [0.5, 0.6) is 0 Å². The van der Waals surface area contributed by atoms with Gasteiger partial charge in [-0.05, 0) is 0 Å². The summed E-state index contributed by atoms with van der Waals surface area (Å²) in [5.41, 5.74) is 0.670. The molecular weight excluding hydrogens is 250 g/mol. The molecular formula is C13H11NO3S. The molecule has 0 spiro atoms. The Hall–Kier alpha value is -1.72. The quantitative estimate of drug-likeness (QED) is 0.919. The molecule has 3 rings (SSSR count). The molecule has 1 saturated heterocycles. The molecule has 4 nitrogen and oxygen atoms in total. The Kier molecular flexibility index (Phi) is 2.65. The minimum atomic E-state index is -0.941. The highest BCUT2D eigenvalue weighted by Gasteiger charge is 2.49. The number of rotatable bonds is 3. The lowest BCUT2D eigenvalue weighted by atomic mass is 9.83. The number of hydrogen-bond donors (Lipinski definition) is 1. The van der Waals surface area contributed by atoms with Crippen molar-refractivity contribution in [2.24, 2.45) is 0 Å². The van der Waals surface area contributed by atoms with Crippen LogP contribution in [-0.2, 0) is 14.9 Å². The van der Waals surface area contributed by atoms with Gasteiger partial charge in [-0.25, -0.2) is 4.98 Å². The second kappa shape index (κ2) is 4.19. The molecule has 0 bridgehead atoms. The van der Waals surface area contributed by atoms with Crippen molar-refractivity contribution >= 4 is 17.3 Å². The van der Waals surface area contributed by atoms with Crippen molar-refractivity contribution in [2.75, 3.05) is 13.2 Å². The van der Waals surface area contributed by atoms with Crippen LogP contribution in [0.3, 0.4) is 0 Å². The van der Waals surface area contributed by atoms with Gasteiger partial charge in [0.15, 0.2) is 5.41 Å². The highest BCUT2D eigenvalue weighted by atomic mass is 32.1. The number of aromatic nitrogens is 1. The van der Waals surface area contributed by atoms with E-state index < -0.39 is 11.4 Å². The van der Waals surface area contributed by atoms with Crippen LogP contribution in [0.25, 0.3) is 10.6 Å². The smallest absolute Gasteiger partial charge is 0.320 e. The van der Waals surface area contributed by atoms with Crippen LogP contribution >= 0.6 is 11.3 Å². The van der Waals surface area contributed by atoms with Gasteiger partial charge in [-0.15, -0.1) is 11.3 Å². The summed E-state index contributed by atoms with van der Waals surface area (Å²) in [5, 5.41) is 12.0. The SMILES string of the molecule is O=C(O)C1(c2csc(-c3ccccc3)n2)COC1. The fourth-order valence-electron chi connectivity index (χ4n) is 1.89. The van der Waals surface area contributed by atoms with Gasteiger partial charge >= 0.3 is 5.97 Å². The summed E-state index contributed by atoms with van der Waals surface area (Å²) in [6, 6.07) is 9.75. The van der Waals surface area contributed by atoms with Gasteiger partial charge in [0.25, 0.3) is 0 Å². The van der Waals surface area contributed by atoms with Crippen LogP contribution in [0, 0.1) is 0 Å². The van der Waals surface area contributed by atoms with Gasteiger partial charge < -0.3 is 9.84 Å². The van der Waals surface area contributed by atoms with E-state index in [1.807, 2.05) is 35.7 Å². The molecule has 0 amide bonds. The van der Waals surface area contributed by atoms with Crippen molar-refractivity contribution in [3.05, 3.63) is 41.4 Å². The summed E-state index contributed by atoms with van der Waals surface area (Å²) in [5.74, 6) is -0.862. The fraction of sp³-hybridized carbons (Fsp3) is 0.231. The third kappa shape index (κ3) is 1.63. The Morgan fingerprint density at radius 1 is 1.33 bits per heavy atom. The number of carboxylic acid groups (broad SMARTS) is 1. The Morgan fingerprint density at radius 3 is 2.61 bits per heavy atom. The molecule has 0 radical (unpaired) electrons. The molecule has 5 heteroatoms. The van der Waals surface area contributed by atoms with Crippen molar-refractivity contribution in [2.45, 2.75) is 5.41 Å². The summed E-state index contributed by atoms with van der Waals surface area (Å²) in [6.45, 7) is 0.417. The first kappa shape index (κ1) is 11.4. The second-order valence-electron chi connectivity index (χ2n) is 4.28. The molecule has 92 valence electrons. The Balaban J connectivity index is 1.97. The molecule has 1 aliphatic heterocycles. The highest BCUT2D eigenvalue weighted by Crippen LogP contribution is 2.35. The summed E-state index contributed by atoms with van der Waals surface area (Å²) in [7, 11) is 0. The van der Waals surface area contributed by atoms with Gasteiger partial charge in [0.2, 0.25) is 0 Å². The predicted octanol–water partition coefficient (Wildman–Crippen LogP) is 2.16. The molecule has 1 fully saturated rings. The van der Waals surface area contributed by atoms with Gasteiger partial charge in [0, 0.05) is 10.9 Å².